The third-order valence-corrected chi connectivity index (χ3v) is 3.39. The van der Waals surface area contributed by atoms with Crippen LogP contribution in [0.2, 0.25) is 0 Å². The van der Waals surface area contributed by atoms with Gasteiger partial charge in [0.15, 0.2) is 0 Å². The van der Waals surface area contributed by atoms with E-state index in [1.807, 2.05) is 0 Å². The van der Waals surface area contributed by atoms with Gasteiger partial charge in [-0.1, -0.05) is 24.3 Å². The summed E-state index contributed by atoms with van der Waals surface area (Å²) in [5, 5.41) is 2.47. The summed E-state index contributed by atoms with van der Waals surface area (Å²) < 4.78 is 18.6. The second kappa shape index (κ2) is 8.05. The van der Waals surface area contributed by atoms with Crippen molar-refractivity contribution in [2.45, 2.75) is 19.4 Å². The fourth-order valence-electron chi connectivity index (χ4n) is 2.21. The zero-order valence-corrected chi connectivity index (χ0v) is 13.5. The summed E-state index contributed by atoms with van der Waals surface area (Å²) in [6.45, 7) is 1.24. The Bertz CT molecular complexity index is 807. The molecule has 0 bridgehead atoms. The van der Waals surface area contributed by atoms with E-state index in [9.17, 15) is 18.8 Å². The fraction of sp³-hybridized carbons (Fsp3) is 0.167. The summed E-state index contributed by atoms with van der Waals surface area (Å²) in [6.07, 6.45) is -0.0720. The molecule has 0 saturated heterocycles. The fourth-order valence-corrected chi connectivity index (χ4v) is 2.21. The number of esters is 1. The number of benzene rings is 2. The summed E-state index contributed by atoms with van der Waals surface area (Å²) in [5.74, 6) is -2.18. The van der Waals surface area contributed by atoms with E-state index in [2.05, 4.69) is 5.32 Å². The van der Waals surface area contributed by atoms with Crippen molar-refractivity contribution in [3.8, 4) is 5.75 Å². The number of amides is 2. The standard InChI is InChI=1S/C18H17FN2O4/c1-11(22)25-14-7-4-6-13(9-14)18(24)21-16(17(20)23)10-12-5-2-3-8-15(12)19/h2-9,16H,10H2,1H3,(H2,20,23)(H,21,24)/t16-/m0/s1. The molecule has 2 aromatic carbocycles. The van der Waals surface area contributed by atoms with Gasteiger partial charge in [-0.3, -0.25) is 14.4 Å². The van der Waals surface area contributed by atoms with Gasteiger partial charge in [0, 0.05) is 18.9 Å². The predicted molar refractivity (Wildman–Crippen MR) is 88.3 cm³/mol. The lowest BCUT2D eigenvalue weighted by Gasteiger charge is -2.16. The van der Waals surface area contributed by atoms with Crippen molar-refractivity contribution in [1.29, 1.82) is 0 Å². The zero-order chi connectivity index (χ0) is 18.4. The maximum absolute atomic E-state index is 13.7. The number of nitrogens with one attached hydrogen (secondary N) is 1. The molecule has 3 N–H and O–H groups in total. The SMILES string of the molecule is CC(=O)Oc1cccc(C(=O)N[C@@H](Cc2ccccc2F)C(N)=O)c1. The van der Waals surface area contributed by atoms with Gasteiger partial charge in [-0.05, 0) is 29.8 Å². The molecule has 0 saturated carbocycles. The Morgan fingerprint density at radius 2 is 1.88 bits per heavy atom. The van der Waals surface area contributed by atoms with Crippen molar-refractivity contribution in [1.82, 2.24) is 5.32 Å². The highest BCUT2D eigenvalue weighted by atomic mass is 19.1. The lowest BCUT2D eigenvalue weighted by Crippen LogP contribution is -2.46. The number of ether oxygens (including phenoxy) is 1. The number of hydrogen-bond donors (Lipinski definition) is 2. The van der Waals surface area contributed by atoms with Gasteiger partial charge in [-0.25, -0.2) is 4.39 Å². The first kappa shape index (κ1) is 18.1. The van der Waals surface area contributed by atoms with Crippen LogP contribution in [0.3, 0.4) is 0 Å². The summed E-state index contributed by atoms with van der Waals surface area (Å²) in [4.78, 5) is 34.9. The Kier molecular flexibility index (Phi) is 5.84. The number of carbonyl (C=O) groups is 3. The molecule has 1 atom stereocenters. The average Bonchev–Trinajstić information content (AvgIpc) is 2.55. The molecule has 25 heavy (non-hydrogen) atoms. The number of primary amides is 1. The lowest BCUT2D eigenvalue weighted by atomic mass is 10.0. The number of rotatable bonds is 6. The summed E-state index contributed by atoms with van der Waals surface area (Å²) >= 11 is 0. The van der Waals surface area contributed by atoms with E-state index >= 15 is 0 Å². The Hall–Kier alpha value is -3.22. The molecule has 2 amide bonds. The molecule has 7 heteroatoms. The average molecular weight is 344 g/mol. The molecule has 0 radical (unpaired) electrons. The van der Waals surface area contributed by atoms with Crippen LogP contribution in [0.1, 0.15) is 22.8 Å². The molecule has 0 aliphatic heterocycles. The van der Waals surface area contributed by atoms with Gasteiger partial charge in [0.2, 0.25) is 5.91 Å². The van der Waals surface area contributed by atoms with E-state index in [1.54, 1.807) is 6.07 Å². The zero-order valence-electron chi connectivity index (χ0n) is 13.5. The van der Waals surface area contributed by atoms with Gasteiger partial charge in [-0.15, -0.1) is 0 Å². The normalized spacial score (nSPS) is 11.4. The molecular weight excluding hydrogens is 327 g/mol. The van der Waals surface area contributed by atoms with Gasteiger partial charge in [0.05, 0.1) is 0 Å². The monoisotopic (exact) mass is 344 g/mol. The number of hydrogen-bond acceptors (Lipinski definition) is 4. The lowest BCUT2D eigenvalue weighted by molar-refractivity contribution is -0.131. The Balaban J connectivity index is 2.14. The maximum atomic E-state index is 13.7. The van der Waals surface area contributed by atoms with Crippen LogP contribution in [0, 0.1) is 5.82 Å². The molecule has 0 heterocycles. The van der Waals surface area contributed by atoms with Crippen LogP contribution in [0.4, 0.5) is 4.39 Å². The first-order valence-electron chi connectivity index (χ1n) is 7.49. The van der Waals surface area contributed by atoms with Gasteiger partial charge in [0.25, 0.3) is 5.91 Å². The van der Waals surface area contributed by atoms with E-state index in [1.165, 1.54) is 49.4 Å². The van der Waals surface area contributed by atoms with Crippen molar-refractivity contribution in [2.24, 2.45) is 5.73 Å². The van der Waals surface area contributed by atoms with Crippen LogP contribution in [0.15, 0.2) is 48.5 Å². The summed E-state index contributed by atoms with van der Waals surface area (Å²) in [6, 6.07) is 10.7. The third-order valence-electron chi connectivity index (χ3n) is 3.39. The molecule has 0 aliphatic rings. The van der Waals surface area contributed by atoms with Crippen LogP contribution in [0.5, 0.6) is 5.75 Å². The quantitative estimate of drug-likeness (QED) is 0.614. The van der Waals surface area contributed by atoms with Gasteiger partial charge in [0.1, 0.15) is 17.6 Å². The van der Waals surface area contributed by atoms with E-state index in [0.717, 1.165) is 0 Å². The van der Waals surface area contributed by atoms with Crippen molar-refractivity contribution in [2.75, 3.05) is 0 Å². The van der Waals surface area contributed by atoms with Crippen molar-refractivity contribution in [3.05, 3.63) is 65.5 Å². The predicted octanol–water partition coefficient (Wildman–Crippen LogP) is 1.58. The van der Waals surface area contributed by atoms with Crippen LogP contribution < -0.4 is 15.8 Å². The van der Waals surface area contributed by atoms with E-state index in [4.69, 9.17) is 10.5 Å². The van der Waals surface area contributed by atoms with Gasteiger partial charge >= 0.3 is 5.97 Å². The molecular formula is C18H17FN2O4. The van der Waals surface area contributed by atoms with Crippen molar-refractivity contribution in [3.63, 3.8) is 0 Å². The maximum Gasteiger partial charge on any atom is 0.308 e. The first-order valence-corrected chi connectivity index (χ1v) is 7.49. The topological polar surface area (TPSA) is 98.5 Å². The minimum atomic E-state index is -1.08. The molecule has 0 unspecified atom stereocenters. The third kappa shape index (κ3) is 5.13. The summed E-state index contributed by atoms with van der Waals surface area (Å²) in [5.41, 5.74) is 5.75. The highest BCUT2D eigenvalue weighted by Crippen LogP contribution is 2.14. The van der Waals surface area contributed by atoms with Crippen LogP contribution in [-0.2, 0) is 16.0 Å². The minimum Gasteiger partial charge on any atom is -0.427 e. The molecule has 0 spiro atoms. The minimum absolute atomic E-state index is 0.0720. The van der Waals surface area contributed by atoms with E-state index in [-0.39, 0.29) is 23.3 Å². The molecule has 0 fully saturated rings. The highest BCUT2D eigenvalue weighted by Gasteiger charge is 2.21. The first-order chi connectivity index (χ1) is 11.9. The van der Waals surface area contributed by atoms with Crippen LogP contribution in [0.25, 0.3) is 0 Å². The molecule has 2 aromatic rings. The molecule has 6 nitrogen and oxygen atoms in total. The highest BCUT2D eigenvalue weighted by molar-refractivity contribution is 5.97. The van der Waals surface area contributed by atoms with Crippen molar-refractivity contribution >= 4 is 17.8 Å². The molecule has 0 aromatic heterocycles. The second-order valence-corrected chi connectivity index (χ2v) is 5.35. The summed E-state index contributed by atoms with van der Waals surface area (Å²) in [7, 11) is 0. The van der Waals surface area contributed by atoms with Crippen LogP contribution in [-0.4, -0.2) is 23.8 Å². The Morgan fingerprint density at radius 1 is 1.16 bits per heavy atom. The Morgan fingerprint density at radius 3 is 2.52 bits per heavy atom. The number of nitrogens with two attached hydrogens (primary N) is 1. The number of carbonyl (C=O) groups excluding carboxylic acids is 3. The molecule has 0 aliphatic carbocycles. The van der Waals surface area contributed by atoms with Crippen molar-refractivity contribution < 1.29 is 23.5 Å². The van der Waals surface area contributed by atoms with E-state index < -0.39 is 29.6 Å². The second-order valence-electron chi connectivity index (χ2n) is 5.35. The van der Waals surface area contributed by atoms with Crippen LogP contribution >= 0.6 is 0 Å². The van der Waals surface area contributed by atoms with Gasteiger partial charge < -0.3 is 15.8 Å². The Labute approximate surface area is 143 Å². The smallest absolute Gasteiger partial charge is 0.308 e. The molecule has 2 rings (SSSR count). The number of halogens is 1. The molecule has 130 valence electrons. The van der Waals surface area contributed by atoms with Gasteiger partial charge in [-0.2, -0.15) is 0 Å². The largest absolute Gasteiger partial charge is 0.427 e. The van der Waals surface area contributed by atoms with E-state index in [0.29, 0.717) is 0 Å².